The van der Waals surface area contributed by atoms with Gasteiger partial charge in [0.25, 0.3) is 0 Å². The largest absolute Gasteiger partial charge is 0.493 e. The van der Waals surface area contributed by atoms with E-state index < -0.39 is 6.10 Å². The number of hydrogen-bond donors (Lipinski definition) is 1. The maximum Gasteiger partial charge on any atom is 0.119 e. The molecule has 1 N–H and O–H groups in total. The summed E-state index contributed by atoms with van der Waals surface area (Å²) in [5, 5.41) is 10.1. The minimum absolute atomic E-state index is 0.139. The summed E-state index contributed by atoms with van der Waals surface area (Å²) in [6.45, 7) is 11.1. The lowest BCUT2D eigenvalue weighted by Crippen LogP contribution is -2.17. The van der Waals surface area contributed by atoms with Gasteiger partial charge in [-0.3, -0.25) is 0 Å². The zero-order chi connectivity index (χ0) is 13.1. The van der Waals surface area contributed by atoms with Crippen LogP contribution in [0.5, 0.6) is 5.75 Å². The fourth-order valence-corrected chi connectivity index (χ4v) is 1.51. The molecule has 1 unspecified atom stereocenters. The minimum atomic E-state index is -0.443. The predicted octanol–water partition coefficient (Wildman–Crippen LogP) is 3.80. The molecule has 0 aliphatic heterocycles. The molecule has 0 amide bonds. The van der Waals surface area contributed by atoms with E-state index in [0.717, 1.165) is 17.9 Å². The Morgan fingerprint density at radius 3 is 2.06 bits per heavy atom. The van der Waals surface area contributed by atoms with Gasteiger partial charge in [-0.15, -0.1) is 0 Å². The molecule has 2 heteroatoms. The fourth-order valence-electron chi connectivity index (χ4n) is 1.51. The van der Waals surface area contributed by atoms with Crippen LogP contribution in [0, 0.1) is 11.3 Å². The fraction of sp³-hybridized carbons (Fsp3) is 0.600. The third-order valence-electron chi connectivity index (χ3n) is 2.60. The molecule has 96 valence electrons. The van der Waals surface area contributed by atoms with Crippen LogP contribution in [0.2, 0.25) is 0 Å². The highest BCUT2D eigenvalue weighted by molar-refractivity contribution is 5.29. The van der Waals surface area contributed by atoms with E-state index >= 15 is 0 Å². The Hall–Kier alpha value is -1.02. The van der Waals surface area contributed by atoms with Gasteiger partial charge in [-0.05, 0) is 29.0 Å². The highest BCUT2D eigenvalue weighted by Crippen LogP contribution is 2.33. The second-order valence-corrected chi connectivity index (χ2v) is 6.04. The Bertz CT molecular complexity index is 333. The van der Waals surface area contributed by atoms with Gasteiger partial charge in [-0.25, -0.2) is 0 Å². The van der Waals surface area contributed by atoms with Crippen molar-refractivity contribution in [2.24, 2.45) is 11.3 Å². The van der Waals surface area contributed by atoms with Gasteiger partial charge in [0.15, 0.2) is 0 Å². The van der Waals surface area contributed by atoms with Crippen molar-refractivity contribution in [3.8, 4) is 5.75 Å². The Labute approximate surface area is 105 Å². The summed E-state index contributed by atoms with van der Waals surface area (Å²) in [6, 6.07) is 7.72. The summed E-state index contributed by atoms with van der Waals surface area (Å²) in [5.74, 6) is 1.39. The number of aliphatic hydroxyl groups excluding tert-OH is 1. The summed E-state index contributed by atoms with van der Waals surface area (Å²) in [5.41, 5.74) is 0.801. The Balaban J connectivity index is 2.68. The van der Waals surface area contributed by atoms with Crippen molar-refractivity contribution in [3.05, 3.63) is 29.8 Å². The van der Waals surface area contributed by atoms with E-state index in [9.17, 15) is 5.11 Å². The van der Waals surface area contributed by atoms with E-state index in [1.165, 1.54) is 0 Å². The zero-order valence-corrected chi connectivity index (χ0v) is 11.5. The molecule has 1 rings (SSSR count). The smallest absolute Gasteiger partial charge is 0.119 e. The second-order valence-electron chi connectivity index (χ2n) is 6.04. The maximum absolute atomic E-state index is 10.1. The third kappa shape index (κ3) is 4.39. The van der Waals surface area contributed by atoms with Crippen LogP contribution in [0.25, 0.3) is 0 Å². The first kappa shape index (κ1) is 14.0. The average Bonchev–Trinajstić information content (AvgIpc) is 2.25. The number of ether oxygens (including phenoxy) is 1. The van der Waals surface area contributed by atoms with Gasteiger partial charge in [-0.1, -0.05) is 46.8 Å². The molecule has 0 saturated carbocycles. The van der Waals surface area contributed by atoms with Crippen molar-refractivity contribution in [3.63, 3.8) is 0 Å². The summed E-state index contributed by atoms with van der Waals surface area (Å²) in [7, 11) is 0. The average molecular weight is 236 g/mol. The molecule has 0 fully saturated rings. The van der Waals surface area contributed by atoms with Gasteiger partial charge in [0.1, 0.15) is 5.75 Å². The number of hydrogen-bond acceptors (Lipinski definition) is 2. The molecule has 0 radical (unpaired) electrons. The van der Waals surface area contributed by atoms with E-state index in [1.807, 2.05) is 45.0 Å². The first-order valence-corrected chi connectivity index (χ1v) is 6.21. The molecular formula is C15H24O2. The van der Waals surface area contributed by atoms with Crippen molar-refractivity contribution in [2.75, 3.05) is 6.61 Å². The van der Waals surface area contributed by atoms with Crippen LogP contribution in [0.1, 0.15) is 46.3 Å². The number of aliphatic hydroxyl groups is 1. The van der Waals surface area contributed by atoms with E-state index in [2.05, 4.69) is 13.8 Å². The van der Waals surface area contributed by atoms with Crippen molar-refractivity contribution in [2.45, 2.75) is 40.7 Å². The summed E-state index contributed by atoms with van der Waals surface area (Å²) >= 11 is 0. The molecule has 0 aliphatic carbocycles. The highest BCUT2D eigenvalue weighted by atomic mass is 16.5. The standard InChI is InChI=1S/C15H24O2/c1-11(2)10-17-13-8-6-12(7-9-13)14(16)15(3,4)5/h6-9,11,14,16H,10H2,1-5H3. The predicted molar refractivity (Wildman–Crippen MR) is 71.2 cm³/mol. The molecule has 0 heterocycles. The van der Waals surface area contributed by atoms with Gasteiger partial charge in [0, 0.05) is 0 Å². The molecule has 1 aromatic rings. The first-order valence-electron chi connectivity index (χ1n) is 6.21. The summed E-state index contributed by atoms with van der Waals surface area (Å²) in [4.78, 5) is 0. The monoisotopic (exact) mass is 236 g/mol. The quantitative estimate of drug-likeness (QED) is 0.861. The van der Waals surface area contributed by atoms with Gasteiger partial charge in [-0.2, -0.15) is 0 Å². The number of rotatable bonds is 4. The Morgan fingerprint density at radius 2 is 1.65 bits per heavy atom. The molecule has 1 atom stereocenters. The van der Waals surface area contributed by atoms with Crippen LogP contribution in [-0.4, -0.2) is 11.7 Å². The Morgan fingerprint density at radius 1 is 1.12 bits per heavy atom. The van der Waals surface area contributed by atoms with Gasteiger partial charge >= 0.3 is 0 Å². The van der Waals surface area contributed by atoms with Crippen LogP contribution in [0.3, 0.4) is 0 Å². The minimum Gasteiger partial charge on any atom is -0.493 e. The molecule has 0 spiro atoms. The summed E-state index contributed by atoms with van der Waals surface area (Å²) < 4.78 is 5.61. The normalized spacial score (nSPS) is 13.8. The summed E-state index contributed by atoms with van der Waals surface area (Å²) in [6.07, 6.45) is -0.443. The molecule has 0 aromatic heterocycles. The third-order valence-corrected chi connectivity index (χ3v) is 2.60. The van der Waals surface area contributed by atoms with Crippen molar-refractivity contribution in [1.82, 2.24) is 0 Å². The van der Waals surface area contributed by atoms with Crippen molar-refractivity contribution in [1.29, 1.82) is 0 Å². The highest BCUT2D eigenvalue weighted by Gasteiger charge is 2.23. The van der Waals surface area contributed by atoms with E-state index in [-0.39, 0.29) is 5.41 Å². The second kappa shape index (κ2) is 5.54. The number of benzene rings is 1. The topological polar surface area (TPSA) is 29.5 Å². The first-order chi connectivity index (χ1) is 7.80. The van der Waals surface area contributed by atoms with Crippen molar-refractivity contribution >= 4 is 0 Å². The van der Waals surface area contributed by atoms with Crippen LogP contribution in [-0.2, 0) is 0 Å². The molecule has 0 aliphatic rings. The molecule has 2 nitrogen and oxygen atoms in total. The van der Waals surface area contributed by atoms with Gasteiger partial charge < -0.3 is 9.84 Å². The van der Waals surface area contributed by atoms with Crippen molar-refractivity contribution < 1.29 is 9.84 Å². The molecular weight excluding hydrogens is 212 g/mol. The molecule has 0 bridgehead atoms. The molecule has 0 saturated heterocycles. The van der Waals surface area contributed by atoms with Crippen LogP contribution >= 0.6 is 0 Å². The van der Waals surface area contributed by atoms with Crippen LogP contribution in [0.15, 0.2) is 24.3 Å². The van der Waals surface area contributed by atoms with Gasteiger partial charge in [0.05, 0.1) is 12.7 Å². The molecule has 1 aromatic carbocycles. The molecule has 17 heavy (non-hydrogen) atoms. The van der Waals surface area contributed by atoms with Crippen LogP contribution < -0.4 is 4.74 Å². The SMILES string of the molecule is CC(C)COc1ccc(C(O)C(C)(C)C)cc1. The zero-order valence-electron chi connectivity index (χ0n) is 11.5. The lowest BCUT2D eigenvalue weighted by Gasteiger charge is -2.26. The Kier molecular flexibility index (Phi) is 4.58. The van der Waals surface area contributed by atoms with E-state index in [1.54, 1.807) is 0 Å². The van der Waals surface area contributed by atoms with E-state index in [4.69, 9.17) is 4.74 Å². The lowest BCUT2D eigenvalue weighted by molar-refractivity contribution is 0.0626. The maximum atomic E-state index is 10.1. The van der Waals surface area contributed by atoms with Crippen LogP contribution in [0.4, 0.5) is 0 Å². The lowest BCUT2D eigenvalue weighted by atomic mass is 9.85. The van der Waals surface area contributed by atoms with E-state index in [0.29, 0.717) is 5.92 Å². The van der Waals surface area contributed by atoms with Gasteiger partial charge in [0.2, 0.25) is 0 Å².